The number of aliphatic hydroxyl groups is 1. The van der Waals surface area contributed by atoms with Gasteiger partial charge in [-0.3, -0.25) is 0 Å². The molecule has 0 bridgehead atoms. The molecular weight excluding hydrogens is 320 g/mol. The first-order chi connectivity index (χ1) is 11.7. The highest BCUT2D eigenvalue weighted by molar-refractivity contribution is 5.92. The zero-order valence-electron chi connectivity index (χ0n) is 14.9. The molecule has 1 saturated heterocycles. The standard InChI is InChI=1S/C20H24O5/c1-6-10(2)18(21)24-14-9-12(4)20(23)8-7-11(3)16(20)17-15(14)13(5)19(22)25-17/h6-7,14-17,23H,4-5,8-9H2,1-3H3/b10-6+/t14-,15-,16-,17+,20-/m1/s1. The summed E-state index contributed by atoms with van der Waals surface area (Å²) >= 11 is 0. The molecule has 5 heteroatoms. The summed E-state index contributed by atoms with van der Waals surface area (Å²) in [6, 6.07) is 0. The Balaban J connectivity index is 2.02. The lowest BCUT2D eigenvalue weighted by molar-refractivity contribution is -0.148. The van der Waals surface area contributed by atoms with Crippen LogP contribution in [-0.2, 0) is 19.1 Å². The Bertz CT molecular complexity index is 728. The number of carbonyl (C=O) groups excluding carboxylic acids is 2. The summed E-state index contributed by atoms with van der Waals surface area (Å²) in [5.74, 6) is -1.82. The van der Waals surface area contributed by atoms with Gasteiger partial charge in [-0.25, -0.2) is 9.59 Å². The molecular formula is C20H24O5. The Morgan fingerprint density at radius 3 is 2.80 bits per heavy atom. The van der Waals surface area contributed by atoms with Crippen molar-refractivity contribution < 1.29 is 24.2 Å². The van der Waals surface area contributed by atoms with Crippen LogP contribution in [0.15, 0.2) is 47.6 Å². The molecule has 0 radical (unpaired) electrons. The molecule has 1 aliphatic heterocycles. The van der Waals surface area contributed by atoms with E-state index in [1.165, 1.54) is 0 Å². The first kappa shape index (κ1) is 17.7. The zero-order chi connectivity index (χ0) is 18.5. The number of hydrogen-bond donors (Lipinski definition) is 1. The van der Waals surface area contributed by atoms with E-state index in [0.29, 0.717) is 17.6 Å². The summed E-state index contributed by atoms with van der Waals surface area (Å²) in [4.78, 5) is 24.4. The molecule has 25 heavy (non-hydrogen) atoms. The topological polar surface area (TPSA) is 72.8 Å². The third-order valence-electron chi connectivity index (χ3n) is 5.80. The van der Waals surface area contributed by atoms with Crippen LogP contribution < -0.4 is 0 Å². The van der Waals surface area contributed by atoms with E-state index >= 15 is 0 Å². The van der Waals surface area contributed by atoms with Gasteiger partial charge in [0.25, 0.3) is 0 Å². The fourth-order valence-electron chi connectivity index (χ4n) is 4.17. The quantitative estimate of drug-likeness (QED) is 0.474. The van der Waals surface area contributed by atoms with Gasteiger partial charge in [0.1, 0.15) is 12.2 Å². The highest BCUT2D eigenvalue weighted by Gasteiger charge is 2.59. The minimum Gasteiger partial charge on any atom is -0.458 e. The molecule has 2 fully saturated rings. The van der Waals surface area contributed by atoms with Gasteiger partial charge in [-0.1, -0.05) is 30.9 Å². The van der Waals surface area contributed by atoms with Crippen LogP contribution >= 0.6 is 0 Å². The number of esters is 2. The van der Waals surface area contributed by atoms with Gasteiger partial charge in [-0.15, -0.1) is 0 Å². The summed E-state index contributed by atoms with van der Waals surface area (Å²) in [5.41, 5.74) is 1.14. The average molecular weight is 344 g/mol. The first-order valence-electron chi connectivity index (χ1n) is 8.51. The van der Waals surface area contributed by atoms with E-state index in [1.807, 2.05) is 13.0 Å². The van der Waals surface area contributed by atoms with Crippen LogP contribution in [0.1, 0.15) is 33.6 Å². The van der Waals surface area contributed by atoms with Crippen LogP contribution in [0, 0.1) is 11.8 Å². The van der Waals surface area contributed by atoms with Crippen molar-refractivity contribution in [1.29, 1.82) is 0 Å². The van der Waals surface area contributed by atoms with Gasteiger partial charge in [-0.05, 0) is 32.8 Å². The molecule has 134 valence electrons. The second-order valence-electron chi connectivity index (χ2n) is 7.20. The van der Waals surface area contributed by atoms with E-state index < -0.39 is 35.7 Å². The number of carbonyl (C=O) groups is 2. The van der Waals surface area contributed by atoms with Gasteiger partial charge >= 0.3 is 11.9 Å². The second-order valence-corrected chi connectivity index (χ2v) is 7.20. The predicted molar refractivity (Wildman–Crippen MR) is 92.4 cm³/mol. The van der Waals surface area contributed by atoms with Gasteiger partial charge in [-0.2, -0.15) is 0 Å². The number of hydrogen-bond acceptors (Lipinski definition) is 5. The Morgan fingerprint density at radius 2 is 2.16 bits per heavy atom. The Kier molecular flexibility index (Phi) is 4.23. The summed E-state index contributed by atoms with van der Waals surface area (Å²) in [5, 5.41) is 11.2. The van der Waals surface area contributed by atoms with Crippen molar-refractivity contribution in [3.05, 3.63) is 47.6 Å². The van der Waals surface area contributed by atoms with E-state index in [0.717, 1.165) is 5.57 Å². The molecule has 0 unspecified atom stereocenters. The summed E-state index contributed by atoms with van der Waals surface area (Å²) in [7, 11) is 0. The van der Waals surface area contributed by atoms with Gasteiger partial charge in [0.15, 0.2) is 0 Å². The molecule has 3 rings (SSSR count). The van der Waals surface area contributed by atoms with Gasteiger partial charge < -0.3 is 14.6 Å². The largest absolute Gasteiger partial charge is 0.458 e. The third-order valence-corrected chi connectivity index (χ3v) is 5.80. The molecule has 1 heterocycles. The van der Waals surface area contributed by atoms with Crippen LogP contribution in [0.3, 0.4) is 0 Å². The molecule has 0 spiro atoms. The van der Waals surface area contributed by atoms with Gasteiger partial charge in [0, 0.05) is 17.6 Å². The monoisotopic (exact) mass is 344 g/mol. The molecule has 0 aromatic heterocycles. The normalized spacial score (nSPS) is 37.8. The number of ether oxygens (including phenoxy) is 2. The maximum absolute atomic E-state index is 12.3. The van der Waals surface area contributed by atoms with Crippen LogP contribution in [0.4, 0.5) is 0 Å². The summed E-state index contributed by atoms with van der Waals surface area (Å²) < 4.78 is 11.2. The van der Waals surface area contributed by atoms with Crippen molar-refractivity contribution in [2.45, 2.75) is 51.4 Å². The minimum atomic E-state index is -1.19. The van der Waals surface area contributed by atoms with Gasteiger partial charge in [0.05, 0.1) is 17.4 Å². The summed E-state index contributed by atoms with van der Waals surface area (Å²) in [6.45, 7) is 13.3. The lowest BCUT2D eigenvalue weighted by Crippen LogP contribution is -2.43. The summed E-state index contributed by atoms with van der Waals surface area (Å²) in [6.07, 6.45) is 3.08. The van der Waals surface area contributed by atoms with E-state index in [1.54, 1.807) is 19.9 Å². The molecule has 5 nitrogen and oxygen atoms in total. The van der Waals surface area contributed by atoms with Crippen molar-refractivity contribution in [3.63, 3.8) is 0 Å². The molecule has 0 aromatic carbocycles. The minimum absolute atomic E-state index is 0.272. The lowest BCUT2D eigenvalue weighted by Gasteiger charge is -2.34. The molecule has 0 amide bonds. The Labute approximate surface area is 147 Å². The van der Waals surface area contributed by atoms with Crippen molar-refractivity contribution in [2.75, 3.05) is 0 Å². The van der Waals surface area contributed by atoms with Crippen molar-refractivity contribution in [1.82, 2.24) is 0 Å². The maximum atomic E-state index is 12.3. The predicted octanol–water partition coefficient (Wildman–Crippen LogP) is 2.62. The molecule has 1 N–H and O–H groups in total. The number of allylic oxidation sites excluding steroid dienone is 1. The lowest BCUT2D eigenvalue weighted by atomic mass is 9.77. The smallest absolute Gasteiger partial charge is 0.334 e. The third kappa shape index (κ3) is 2.58. The molecule has 3 aliphatic rings. The van der Waals surface area contributed by atoms with Crippen LogP contribution in [0.5, 0.6) is 0 Å². The van der Waals surface area contributed by atoms with Crippen LogP contribution in [-0.4, -0.2) is 34.9 Å². The molecule has 0 aromatic rings. The van der Waals surface area contributed by atoms with Crippen molar-refractivity contribution in [2.24, 2.45) is 11.8 Å². The molecule has 2 aliphatic carbocycles. The van der Waals surface area contributed by atoms with Crippen LogP contribution in [0.2, 0.25) is 0 Å². The first-order valence-corrected chi connectivity index (χ1v) is 8.51. The highest BCUT2D eigenvalue weighted by Crippen LogP contribution is 2.53. The maximum Gasteiger partial charge on any atom is 0.334 e. The molecule has 5 atom stereocenters. The van der Waals surface area contributed by atoms with Crippen molar-refractivity contribution in [3.8, 4) is 0 Å². The van der Waals surface area contributed by atoms with Crippen molar-refractivity contribution >= 4 is 11.9 Å². The fourth-order valence-corrected chi connectivity index (χ4v) is 4.17. The van der Waals surface area contributed by atoms with E-state index in [-0.39, 0.29) is 17.9 Å². The Hall–Kier alpha value is -2.14. The van der Waals surface area contributed by atoms with E-state index in [9.17, 15) is 14.7 Å². The van der Waals surface area contributed by atoms with Gasteiger partial charge in [0.2, 0.25) is 0 Å². The highest BCUT2D eigenvalue weighted by atomic mass is 16.6. The van der Waals surface area contributed by atoms with E-state index in [2.05, 4.69) is 13.2 Å². The fraction of sp³-hybridized carbons (Fsp3) is 0.500. The second kappa shape index (κ2) is 5.99. The SMILES string of the molecule is C=C1C(=O)O[C@H]2[C@H]1[C@H](OC(=O)/C(C)=C/C)CC(=C)[C@]1(O)CC=C(C)[C@H]21. The number of fused-ring (bicyclic) bond motifs is 3. The average Bonchev–Trinajstić information content (AvgIpc) is 3.00. The molecule has 1 saturated carbocycles. The number of rotatable bonds is 2. The van der Waals surface area contributed by atoms with E-state index in [4.69, 9.17) is 9.47 Å². The Morgan fingerprint density at radius 1 is 1.48 bits per heavy atom. The zero-order valence-corrected chi connectivity index (χ0v) is 14.9. The van der Waals surface area contributed by atoms with Crippen LogP contribution in [0.25, 0.3) is 0 Å².